The molecule has 0 spiro atoms. The van der Waals surface area contributed by atoms with Crippen molar-refractivity contribution in [2.24, 2.45) is 29.6 Å². The van der Waals surface area contributed by atoms with Gasteiger partial charge in [0.25, 0.3) is 0 Å². The molecule has 1 aliphatic carbocycles. The van der Waals surface area contributed by atoms with Gasteiger partial charge in [-0.25, -0.2) is 0 Å². The van der Waals surface area contributed by atoms with E-state index in [0.29, 0.717) is 0 Å². The van der Waals surface area contributed by atoms with E-state index in [1.807, 2.05) is 32.9 Å². The highest BCUT2D eigenvalue weighted by molar-refractivity contribution is 5.97. The Morgan fingerprint density at radius 2 is 1.81 bits per heavy atom. The van der Waals surface area contributed by atoms with E-state index in [2.05, 4.69) is 24.5 Å². The summed E-state index contributed by atoms with van der Waals surface area (Å²) in [4.78, 5) is 41.7. The molecule has 176 valence electrons. The average Bonchev–Trinajstić information content (AvgIpc) is 3.00. The Morgan fingerprint density at radius 1 is 1.13 bits per heavy atom. The first-order valence-corrected chi connectivity index (χ1v) is 11.9. The first kappa shape index (κ1) is 25.4. The van der Waals surface area contributed by atoms with Crippen LogP contribution in [0.5, 0.6) is 0 Å². The molecular formula is C24H41N3O4. The highest BCUT2D eigenvalue weighted by Crippen LogP contribution is 2.46. The van der Waals surface area contributed by atoms with E-state index in [4.69, 9.17) is 0 Å². The van der Waals surface area contributed by atoms with Crippen LogP contribution >= 0.6 is 0 Å². The lowest BCUT2D eigenvalue weighted by atomic mass is 9.68. The second-order valence-electron chi connectivity index (χ2n) is 9.46. The number of amides is 3. The average molecular weight is 436 g/mol. The SMILES string of the molecule is CCCC(C)NC(=O)[C@@H]1[C@H]2C=C[C@@H](CCC)[C@@H](C(=O)NC)[C@H]2C(=O)N1[C@@H](CO)C(C)C. The fourth-order valence-electron chi connectivity index (χ4n) is 5.39. The smallest absolute Gasteiger partial charge is 0.243 e. The second-order valence-corrected chi connectivity index (χ2v) is 9.46. The number of carbonyl (C=O) groups is 3. The topological polar surface area (TPSA) is 98.7 Å². The molecule has 7 nitrogen and oxygen atoms in total. The first-order chi connectivity index (χ1) is 14.7. The predicted molar refractivity (Wildman–Crippen MR) is 121 cm³/mol. The third kappa shape index (κ3) is 5.13. The van der Waals surface area contributed by atoms with Gasteiger partial charge in [0.05, 0.1) is 24.5 Å². The largest absolute Gasteiger partial charge is 0.394 e. The third-order valence-corrected chi connectivity index (χ3v) is 6.91. The van der Waals surface area contributed by atoms with Gasteiger partial charge in [-0.1, -0.05) is 52.7 Å². The molecule has 0 aromatic heterocycles. The molecule has 2 rings (SSSR count). The van der Waals surface area contributed by atoms with Crippen LogP contribution in [0.2, 0.25) is 0 Å². The number of aliphatic hydroxyl groups is 1. The van der Waals surface area contributed by atoms with Crippen molar-refractivity contribution in [2.45, 2.75) is 78.4 Å². The Hall–Kier alpha value is -1.89. The zero-order chi connectivity index (χ0) is 23.3. The molecule has 1 unspecified atom stereocenters. The Morgan fingerprint density at radius 3 is 2.32 bits per heavy atom. The molecule has 1 heterocycles. The maximum absolute atomic E-state index is 13.8. The normalized spacial score (nSPS) is 29.6. The van der Waals surface area contributed by atoms with Crippen molar-refractivity contribution in [3.8, 4) is 0 Å². The van der Waals surface area contributed by atoms with Crippen LogP contribution in [0.25, 0.3) is 0 Å². The first-order valence-electron chi connectivity index (χ1n) is 11.9. The number of allylic oxidation sites excluding steroid dienone is 1. The minimum absolute atomic E-state index is 0.00437. The maximum atomic E-state index is 13.8. The van der Waals surface area contributed by atoms with Gasteiger partial charge in [0.1, 0.15) is 6.04 Å². The minimum Gasteiger partial charge on any atom is -0.394 e. The fourth-order valence-corrected chi connectivity index (χ4v) is 5.39. The molecule has 7 atom stereocenters. The molecule has 1 aliphatic heterocycles. The minimum atomic E-state index is -0.720. The van der Waals surface area contributed by atoms with E-state index < -0.39 is 23.9 Å². The molecule has 7 heteroatoms. The molecule has 0 aromatic rings. The number of carbonyl (C=O) groups excluding carboxylic acids is 3. The molecule has 0 aromatic carbocycles. The molecule has 3 N–H and O–H groups in total. The van der Waals surface area contributed by atoms with E-state index in [1.54, 1.807) is 11.9 Å². The van der Waals surface area contributed by atoms with Crippen LogP contribution in [-0.2, 0) is 14.4 Å². The van der Waals surface area contributed by atoms with Crippen LogP contribution in [0.15, 0.2) is 12.2 Å². The molecule has 2 aliphatic rings. The zero-order valence-corrected chi connectivity index (χ0v) is 19.9. The molecule has 3 amide bonds. The summed E-state index contributed by atoms with van der Waals surface area (Å²) in [5, 5.41) is 15.9. The van der Waals surface area contributed by atoms with Gasteiger partial charge in [-0.2, -0.15) is 0 Å². The number of nitrogens with zero attached hydrogens (tertiary/aromatic N) is 1. The summed E-state index contributed by atoms with van der Waals surface area (Å²) in [6.45, 7) is 9.76. The summed E-state index contributed by atoms with van der Waals surface area (Å²) in [5.41, 5.74) is 0. The summed E-state index contributed by atoms with van der Waals surface area (Å²) in [5.74, 6) is -2.09. The second kappa shape index (κ2) is 11.1. The van der Waals surface area contributed by atoms with Crippen molar-refractivity contribution in [3.05, 3.63) is 12.2 Å². The lowest BCUT2D eigenvalue weighted by molar-refractivity contribution is -0.144. The zero-order valence-electron chi connectivity index (χ0n) is 19.9. The van der Waals surface area contributed by atoms with Gasteiger partial charge in [0.15, 0.2) is 0 Å². The number of hydrogen-bond donors (Lipinski definition) is 3. The molecule has 1 saturated heterocycles. The van der Waals surface area contributed by atoms with Crippen LogP contribution in [0, 0.1) is 29.6 Å². The monoisotopic (exact) mass is 435 g/mol. The summed E-state index contributed by atoms with van der Waals surface area (Å²) in [7, 11) is 1.59. The van der Waals surface area contributed by atoms with Gasteiger partial charge in [0.2, 0.25) is 17.7 Å². The van der Waals surface area contributed by atoms with Crippen LogP contribution in [0.1, 0.15) is 60.3 Å². The number of fused-ring (bicyclic) bond motifs is 1. The van der Waals surface area contributed by atoms with Crippen LogP contribution in [0.4, 0.5) is 0 Å². The van der Waals surface area contributed by atoms with Crippen LogP contribution in [0.3, 0.4) is 0 Å². The highest BCUT2D eigenvalue weighted by atomic mass is 16.3. The van der Waals surface area contributed by atoms with E-state index in [0.717, 1.165) is 25.7 Å². The fraction of sp³-hybridized carbons (Fsp3) is 0.792. The molecular weight excluding hydrogens is 394 g/mol. The lowest BCUT2D eigenvalue weighted by Gasteiger charge is -2.36. The summed E-state index contributed by atoms with van der Waals surface area (Å²) in [6, 6.07) is -1.20. The van der Waals surface area contributed by atoms with Gasteiger partial charge >= 0.3 is 0 Å². The summed E-state index contributed by atoms with van der Waals surface area (Å²) in [6.07, 6.45) is 7.52. The lowest BCUT2D eigenvalue weighted by Crippen LogP contribution is -2.55. The summed E-state index contributed by atoms with van der Waals surface area (Å²) >= 11 is 0. The van der Waals surface area contributed by atoms with Crippen molar-refractivity contribution in [1.82, 2.24) is 15.5 Å². The van der Waals surface area contributed by atoms with Gasteiger partial charge in [-0.15, -0.1) is 0 Å². The Bertz CT molecular complexity index is 678. The number of hydrogen-bond acceptors (Lipinski definition) is 4. The van der Waals surface area contributed by atoms with Crippen molar-refractivity contribution in [2.75, 3.05) is 13.7 Å². The standard InChI is InChI=1S/C24H41N3O4/c1-7-9-15(5)26-23(30)21-17-12-11-16(10-8-2)19(22(29)25-6)20(17)24(31)27(21)18(13-28)14(3)4/h11-12,14-21,28H,7-10,13H2,1-6H3,(H,25,29)(H,26,30)/t15?,16-,17+,18+,19-,20+,21+/m1/s1. The van der Waals surface area contributed by atoms with Gasteiger partial charge in [-0.05, 0) is 31.6 Å². The van der Waals surface area contributed by atoms with E-state index in [-0.39, 0.29) is 48.1 Å². The molecule has 31 heavy (non-hydrogen) atoms. The predicted octanol–water partition coefficient (Wildman–Crippen LogP) is 2.10. The van der Waals surface area contributed by atoms with E-state index in [9.17, 15) is 19.5 Å². The highest BCUT2D eigenvalue weighted by Gasteiger charge is 2.58. The molecule has 0 saturated carbocycles. The number of aliphatic hydroxyl groups excluding tert-OH is 1. The summed E-state index contributed by atoms with van der Waals surface area (Å²) < 4.78 is 0. The molecule has 1 fully saturated rings. The van der Waals surface area contributed by atoms with Crippen molar-refractivity contribution < 1.29 is 19.5 Å². The third-order valence-electron chi connectivity index (χ3n) is 6.91. The van der Waals surface area contributed by atoms with Crippen molar-refractivity contribution >= 4 is 17.7 Å². The van der Waals surface area contributed by atoms with Crippen LogP contribution in [-0.4, -0.2) is 59.5 Å². The van der Waals surface area contributed by atoms with Gasteiger partial charge < -0.3 is 20.6 Å². The molecule has 0 bridgehead atoms. The maximum Gasteiger partial charge on any atom is 0.243 e. The van der Waals surface area contributed by atoms with Crippen LogP contribution < -0.4 is 10.6 Å². The number of likely N-dealkylation sites (tertiary alicyclic amines) is 1. The van der Waals surface area contributed by atoms with Gasteiger partial charge in [0, 0.05) is 19.0 Å². The van der Waals surface area contributed by atoms with Crippen molar-refractivity contribution in [3.63, 3.8) is 0 Å². The van der Waals surface area contributed by atoms with Crippen molar-refractivity contribution in [1.29, 1.82) is 0 Å². The number of rotatable bonds is 10. The van der Waals surface area contributed by atoms with E-state index in [1.165, 1.54) is 0 Å². The molecule has 0 radical (unpaired) electrons. The Labute approximate surface area is 187 Å². The quantitative estimate of drug-likeness (QED) is 0.458. The van der Waals surface area contributed by atoms with Gasteiger partial charge in [-0.3, -0.25) is 14.4 Å². The Kier molecular flexibility index (Phi) is 9.10. The van der Waals surface area contributed by atoms with E-state index >= 15 is 0 Å². The number of nitrogens with one attached hydrogen (secondary N) is 2. The Balaban J connectivity index is 2.52.